The van der Waals surface area contributed by atoms with Gasteiger partial charge in [0.05, 0.1) is 11.3 Å². The Balaban J connectivity index is 1.83. The number of nitrogens with zero attached hydrogens (tertiary/aromatic N) is 1. The lowest BCUT2D eigenvalue weighted by Gasteiger charge is -2.07. The molecule has 118 valence electrons. The van der Waals surface area contributed by atoms with Crippen molar-refractivity contribution in [2.45, 2.75) is 6.18 Å². The Kier molecular flexibility index (Phi) is 3.27. The first-order chi connectivity index (χ1) is 11.5. The van der Waals surface area contributed by atoms with Crippen LogP contribution in [0.1, 0.15) is 22.4 Å². The molecule has 4 rings (SSSR count). The number of hydrogen-bond donors (Lipinski definition) is 0. The van der Waals surface area contributed by atoms with Gasteiger partial charge in [-0.1, -0.05) is 42.5 Å². The minimum absolute atomic E-state index is 0.644. The van der Waals surface area contributed by atoms with Gasteiger partial charge in [0.15, 0.2) is 0 Å². The zero-order chi connectivity index (χ0) is 16.7. The van der Waals surface area contributed by atoms with E-state index in [1.54, 1.807) is 6.20 Å². The topological polar surface area (TPSA) is 12.9 Å². The van der Waals surface area contributed by atoms with Crippen LogP contribution in [0.4, 0.5) is 13.2 Å². The lowest BCUT2D eigenvalue weighted by Crippen LogP contribution is -2.04. The number of rotatable bonds is 1. The normalized spacial score (nSPS) is 14.5. The third-order valence-electron chi connectivity index (χ3n) is 4.12. The molecule has 0 bridgehead atoms. The van der Waals surface area contributed by atoms with Crippen LogP contribution in [0, 0.1) is 0 Å². The molecule has 0 atom stereocenters. The van der Waals surface area contributed by atoms with Crippen molar-refractivity contribution < 1.29 is 13.2 Å². The van der Waals surface area contributed by atoms with Crippen molar-refractivity contribution >= 4 is 11.6 Å². The zero-order valence-corrected chi connectivity index (χ0v) is 12.5. The summed E-state index contributed by atoms with van der Waals surface area (Å²) >= 11 is 0. The maximum atomic E-state index is 12.7. The second kappa shape index (κ2) is 5.34. The molecule has 0 amide bonds. The molecular formula is C20H12F3N. The highest BCUT2D eigenvalue weighted by Crippen LogP contribution is 2.43. The van der Waals surface area contributed by atoms with E-state index in [1.165, 1.54) is 12.1 Å². The summed E-state index contributed by atoms with van der Waals surface area (Å²) in [5, 5.41) is 0. The molecule has 4 heteroatoms. The first kappa shape index (κ1) is 14.7. The Labute approximate surface area is 137 Å². The number of aromatic nitrogens is 1. The standard InChI is InChI=1S/C20H12F3N/c21-20(22,23)14-9-7-13(8-10-14)12-18-16-5-2-1-4-15(16)17-6-3-11-24-19(17)18/h1-12H/b18-12+. The summed E-state index contributed by atoms with van der Waals surface area (Å²) in [5.41, 5.74) is 5.05. The molecule has 2 aromatic carbocycles. The van der Waals surface area contributed by atoms with Gasteiger partial charge in [-0.3, -0.25) is 4.98 Å². The van der Waals surface area contributed by atoms with Crippen molar-refractivity contribution in [3.8, 4) is 11.1 Å². The van der Waals surface area contributed by atoms with Crippen molar-refractivity contribution in [2.24, 2.45) is 0 Å². The van der Waals surface area contributed by atoms with E-state index in [1.807, 2.05) is 42.5 Å². The molecule has 1 heterocycles. The van der Waals surface area contributed by atoms with Gasteiger partial charge in [0, 0.05) is 17.3 Å². The third kappa shape index (κ3) is 2.40. The molecule has 0 saturated heterocycles. The number of pyridine rings is 1. The van der Waals surface area contributed by atoms with Crippen LogP contribution in [0.15, 0.2) is 66.9 Å². The molecule has 0 unspecified atom stereocenters. The fourth-order valence-electron chi connectivity index (χ4n) is 3.00. The largest absolute Gasteiger partial charge is 0.416 e. The second-order valence-corrected chi connectivity index (χ2v) is 5.62. The van der Waals surface area contributed by atoms with Crippen LogP contribution in [0.5, 0.6) is 0 Å². The van der Waals surface area contributed by atoms with E-state index in [9.17, 15) is 13.2 Å². The summed E-state index contributed by atoms with van der Waals surface area (Å²) in [4.78, 5) is 4.46. The van der Waals surface area contributed by atoms with Gasteiger partial charge in [-0.25, -0.2) is 0 Å². The van der Waals surface area contributed by atoms with Gasteiger partial charge in [-0.2, -0.15) is 13.2 Å². The van der Waals surface area contributed by atoms with Crippen LogP contribution in [0.3, 0.4) is 0 Å². The quantitative estimate of drug-likeness (QED) is 0.440. The van der Waals surface area contributed by atoms with Crippen LogP contribution in [-0.4, -0.2) is 4.98 Å². The second-order valence-electron chi connectivity index (χ2n) is 5.62. The summed E-state index contributed by atoms with van der Waals surface area (Å²) in [6.07, 6.45) is -0.705. The van der Waals surface area contributed by atoms with Gasteiger partial charge < -0.3 is 0 Å². The van der Waals surface area contributed by atoms with Crippen LogP contribution in [0.25, 0.3) is 22.8 Å². The maximum absolute atomic E-state index is 12.7. The van der Waals surface area contributed by atoms with Crippen LogP contribution >= 0.6 is 0 Å². The van der Waals surface area contributed by atoms with E-state index in [2.05, 4.69) is 4.98 Å². The van der Waals surface area contributed by atoms with Crippen molar-refractivity contribution in [3.63, 3.8) is 0 Å². The van der Waals surface area contributed by atoms with E-state index in [0.717, 1.165) is 40.1 Å². The van der Waals surface area contributed by atoms with E-state index < -0.39 is 11.7 Å². The van der Waals surface area contributed by atoms with E-state index in [4.69, 9.17) is 0 Å². The smallest absolute Gasteiger partial charge is 0.256 e. The Morgan fingerprint density at radius 3 is 2.12 bits per heavy atom. The highest BCUT2D eigenvalue weighted by atomic mass is 19.4. The molecule has 24 heavy (non-hydrogen) atoms. The van der Waals surface area contributed by atoms with E-state index >= 15 is 0 Å². The van der Waals surface area contributed by atoms with E-state index in [-0.39, 0.29) is 0 Å². The lowest BCUT2D eigenvalue weighted by molar-refractivity contribution is -0.137. The summed E-state index contributed by atoms with van der Waals surface area (Å²) in [7, 11) is 0. The SMILES string of the molecule is FC(F)(F)c1ccc(/C=C2\c3ccccc3-c3cccnc32)cc1. The Morgan fingerprint density at radius 1 is 0.750 bits per heavy atom. The van der Waals surface area contributed by atoms with Crippen LogP contribution in [-0.2, 0) is 6.18 Å². The zero-order valence-electron chi connectivity index (χ0n) is 12.5. The molecule has 0 fully saturated rings. The number of fused-ring (bicyclic) bond motifs is 3. The summed E-state index contributed by atoms with van der Waals surface area (Å²) in [5.74, 6) is 0. The lowest BCUT2D eigenvalue weighted by atomic mass is 10.0. The minimum Gasteiger partial charge on any atom is -0.256 e. The fraction of sp³-hybridized carbons (Fsp3) is 0.0500. The monoisotopic (exact) mass is 323 g/mol. The molecular weight excluding hydrogens is 311 g/mol. The number of hydrogen-bond acceptors (Lipinski definition) is 1. The number of halogens is 3. The highest BCUT2D eigenvalue weighted by molar-refractivity contribution is 6.05. The molecule has 0 saturated carbocycles. The van der Waals surface area contributed by atoms with Crippen molar-refractivity contribution in [3.05, 3.63) is 89.2 Å². The van der Waals surface area contributed by atoms with E-state index in [0.29, 0.717) is 5.56 Å². The molecule has 0 aliphatic heterocycles. The average molecular weight is 323 g/mol. The molecule has 0 radical (unpaired) electrons. The summed E-state index contributed by atoms with van der Waals surface area (Å²) in [6.45, 7) is 0. The Bertz CT molecular complexity index is 890. The maximum Gasteiger partial charge on any atom is 0.416 e. The van der Waals surface area contributed by atoms with Gasteiger partial charge >= 0.3 is 6.18 Å². The number of alkyl halides is 3. The average Bonchev–Trinajstić information content (AvgIpc) is 2.89. The molecule has 1 aliphatic rings. The van der Waals surface area contributed by atoms with Gasteiger partial charge in [0.25, 0.3) is 0 Å². The van der Waals surface area contributed by atoms with Gasteiger partial charge in [0.1, 0.15) is 0 Å². The predicted molar refractivity (Wildman–Crippen MR) is 88.1 cm³/mol. The molecule has 1 aliphatic carbocycles. The summed E-state index contributed by atoms with van der Waals surface area (Å²) in [6, 6.07) is 17.0. The van der Waals surface area contributed by atoms with Crippen molar-refractivity contribution in [2.75, 3.05) is 0 Å². The summed E-state index contributed by atoms with van der Waals surface area (Å²) < 4.78 is 38.1. The van der Waals surface area contributed by atoms with Crippen LogP contribution < -0.4 is 0 Å². The third-order valence-corrected chi connectivity index (χ3v) is 4.12. The van der Waals surface area contributed by atoms with Crippen LogP contribution in [0.2, 0.25) is 0 Å². The Morgan fingerprint density at radius 2 is 1.42 bits per heavy atom. The number of benzene rings is 2. The fourth-order valence-corrected chi connectivity index (χ4v) is 3.00. The Hall–Kier alpha value is -2.88. The molecule has 0 spiro atoms. The molecule has 1 aromatic heterocycles. The molecule has 1 nitrogen and oxygen atoms in total. The van der Waals surface area contributed by atoms with Crippen molar-refractivity contribution in [1.82, 2.24) is 4.98 Å². The van der Waals surface area contributed by atoms with Gasteiger partial charge in [-0.05, 0) is 41.0 Å². The molecule has 3 aromatic rings. The minimum atomic E-state index is -4.32. The first-order valence-corrected chi connectivity index (χ1v) is 7.48. The van der Waals surface area contributed by atoms with Crippen molar-refractivity contribution in [1.29, 1.82) is 0 Å². The van der Waals surface area contributed by atoms with Gasteiger partial charge in [0.2, 0.25) is 0 Å². The first-order valence-electron chi connectivity index (χ1n) is 7.48. The van der Waals surface area contributed by atoms with Gasteiger partial charge in [-0.15, -0.1) is 0 Å². The highest BCUT2D eigenvalue weighted by Gasteiger charge is 2.30. The molecule has 0 N–H and O–H groups in total. The predicted octanol–water partition coefficient (Wildman–Crippen LogP) is 5.67.